The number of nitrogens with zero attached hydrogens (tertiary/aromatic N) is 4. The van der Waals surface area contributed by atoms with Crippen LogP contribution in [0.2, 0.25) is 0 Å². The van der Waals surface area contributed by atoms with E-state index >= 15 is 0 Å². The minimum absolute atomic E-state index is 0.407. The summed E-state index contributed by atoms with van der Waals surface area (Å²) in [6.07, 6.45) is 1.21. The highest BCUT2D eigenvalue weighted by atomic mass is 16.5. The van der Waals surface area contributed by atoms with E-state index in [4.69, 9.17) is 9.47 Å². The van der Waals surface area contributed by atoms with Gasteiger partial charge in [0.1, 0.15) is 12.4 Å². The SMILES string of the molecule is Cn1nnnc1-c1cc(-c2ccccc2)c2ccc(OCc3cccc(C4(O)CCOCC4)c3)cc2c1. The van der Waals surface area contributed by atoms with Crippen molar-refractivity contribution < 1.29 is 14.6 Å². The lowest BCUT2D eigenvalue weighted by Crippen LogP contribution is -2.33. The van der Waals surface area contributed by atoms with E-state index in [1.807, 2.05) is 55.6 Å². The van der Waals surface area contributed by atoms with Crippen LogP contribution in [0, 0.1) is 0 Å². The van der Waals surface area contributed by atoms with Crippen molar-refractivity contribution in [1.29, 1.82) is 0 Å². The molecule has 1 aliphatic rings. The van der Waals surface area contributed by atoms with Crippen molar-refractivity contribution in [2.24, 2.45) is 7.05 Å². The summed E-state index contributed by atoms with van der Waals surface area (Å²) in [5.74, 6) is 1.48. The first-order chi connectivity index (χ1) is 18.1. The third-order valence-electron chi connectivity index (χ3n) is 7.08. The van der Waals surface area contributed by atoms with Crippen molar-refractivity contribution in [3.05, 3.63) is 96.1 Å². The van der Waals surface area contributed by atoms with Crippen LogP contribution in [0.4, 0.5) is 0 Å². The van der Waals surface area contributed by atoms with Crippen LogP contribution in [0.1, 0.15) is 24.0 Å². The first-order valence-corrected chi connectivity index (χ1v) is 12.5. The Hall–Kier alpha value is -4.07. The van der Waals surface area contributed by atoms with Crippen LogP contribution < -0.4 is 4.74 Å². The predicted molar refractivity (Wildman–Crippen MR) is 142 cm³/mol. The van der Waals surface area contributed by atoms with Crippen molar-refractivity contribution in [2.45, 2.75) is 25.0 Å². The number of rotatable bonds is 6. The first kappa shape index (κ1) is 23.3. The Morgan fingerprint density at radius 2 is 1.76 bits per heavy atom. The zero-order valence-corrected chi connectivity index (χ0v) is 20.7. The summed E-state index contributed by atoms with van der Waals surface area (Å²) in [6, 6.07) is 28.8. The molecule has 7 nitrogen and oxygen atoms in total. The molecule has 1 aliphatic heterocycles. The molecule has 2 heterocycles. The van der Waals surface area contributed by atoms with E-state index in [0.717, 1.165) is 44.3 Å². The smallest absolute Gasteiger partial charge is 0.181 e. The number of aromatic nitrogens is 4. The highest BCUT2D eigenvalue weighted by Crippen LogP contribution is 2.36. The minimum Gasteiger partial charge on any atom is -0.489 e. The van der Waals surface area contributed by atoms with Gasteiger partial charge in [-0.3, -0.25) is 0 Å². The van der Waals surface area contributed by atoms with Gasteiger partial charge in [-0.05, 0) is 73.8 Å². The second kappa shape index (κ2) is 9.76. The summed E-state index contributed by atoms with van der Waals surface area (Å²) in [7, 11) is 1.84. The second-order valence-electron chi connectivity index (χ2n) is 9.53. The molecule has 0 atom stereocenters. The van der Waals surface area contributed by atoms with Crippen LogP contribution in [0.25, 0.3) is 33.3 Å². The van der Waals surface area contributed by atoms with Crippen LogP contribution >= 0.6 is 0 Å². The largest absolute Gasteiger partial charge is 0.489 e. The molecule has 1 saturated heterocycles. The Morgan fingerprint density at radius 3 is 2.54 bits per heavy atom. The maximum atomic E-state index is 11.1. The molecule has 0 saturated carbocycles. The normalized spacial score (nSPS) is 15.1. The lowest BCUT2D eigenvalue weighted by atomic mass is 9.86. The molecule has 0 unspecified atom stereocenters. The van der Waals surface area contributed by atoms with Gasteiger partial charge in [0.15, 0.2) is 5.82 Å². The molecule has 5 aromatic rings. The van der Waals surface area contributed by atoms with Gasteiger partial charge in [0.05, 0.1) is 5.60 Å². The van der Waals surface area contributed by atoms with Gasteiger partial charge in [0, 0.05) is 38.7 Å². The fourth-order valence-electron chi connectivity index (χ4n) is 5.01. The van der Waals surface area contributed by atoms with Gasteiger partial charge >= 0.3 is 0 Å². The Morgan fingerprint density at radius 1 is 0.919 bits per heavy atom. The molecular weight excluding hydrogens is 464 g/mol. The van der Waals surface area contributed by atoms with Gasteiger partial charge in [-0.25, -0.2) is 4.68 Å². The number of aliphatic hydroxyl groups is 1. The Bertz CT molecular complexity index is 1540. The average molecular weight is 493 g/mol. The molecule has 0 aliphatic carbocycles. The standard InChI is InChI=1S/C30H28N4O3/c1-34-29(31-32-33-34)24-17-23-18-26(10-11-27(23)28(19-24)22-7-3-2-4-8-22)37-20-21-6-5-9-25(16-21)30(35)12-14-36-15-13-30/h2-11,16-19,35H,12-15,20H2,1H3. The van der Waals surface area contributed by atoms with Crippen LogP contribution in [0.5, 0.6) is 5.75 Å². The zero-order chi connectivity index (χ0) is 25.2. The van der Waals surface area contributed by atoms with Gasteiger partial charge in [-0.1, -0.05) is 54.6 Å². The third-order valence-corrected chi connectivity index (χ3v) is 7.08. The molecule has 0 radical (unpaired) electrons. The summed E-state index contributed by atoms with van der Waals surface area (Å²) in [4.78, 5) is 0. The molecular formula is C30H28N4O3. The quantitative estimate of drug-likeness (QED) is 0.348. The first-order valence-electron chi connectivity index (χ1n) is 12.5. The fourth-order valence-corrected chi connectivity index (χ4v) is 5.01. The maximum Gasteiger partial charge on any atom is 0.181 e. The van der Waals surface area contributed by atoms with E-state index in [0.29, 0.717) is 38.5 Å². The molecule has 0 spiro atoms. The molecule has 6 rings (SSSR count). The third kappa shape index (κ3) is 4.71. The number of hydrogen-bond donors (Lipinski definition) is 1. The summed E-state index contributed by atoms with van der Waals surface area (Å²) in [5, 5.41) is 25.3. The number of ether oxygens (including phenoxy) is 2. The van der Waals surface area contributed by atoms with Gasteiger partial charge in [-0.2, -0.15) is 0 Å². The zero-order valence-electron chi connectivity index (χ0n) is 20.7. The highest BCUT2D eigenvalue weighted by Gasteiger charge is 2.31. The maximum absolute atomic E-state index is 11.1. The van der Waals surface area contributed by atoms with Crippen LogP contribution in [-0.4, -0.2) is 38.5 Å². The molecule has 186 valence electrons. The summed E-state index contributed by atoms with van der Waals surface area (Å²) < 4.78 is 13.3. The molecule has 1 N–H and O–H groups in total. The van der Waals surface area contributed by atoms with Crippen molar-refractivity contribution in [2.75, 3.05) is 13.2 Å². The fraction of sp³-hybridized carbons (Fsp3) is 0.233. The topological polar surface area (TPSA) is 82.3 Å². The lowest BCUT2D eigenvalue weighted by Gasteiger charge is -2.32. The monoisotopic (exact) mass is 492 g/mol. The van der Waals surface area contributed by atoms with Gasteiger partial charge in [-0.15, -0.1) is 5.10 Å². The molecule has 4 aromatic carbocycles. The van der Waals surface area contributed by atoms with Gasteiger partial charge < -0.3 is 14.6 Å². The van der Waals surface area contributed by atoms with E-state index in [1.165, 1.54) is 0 Å². The van der Waals surface area contributed by atoms with E-state index in [2.05, 4.69) is 51.9 Å². The summed E-state index contributed by atoms with van der Waals surface area (Å²) in [5.41, 5.74) is 4.27. The van der Waals surface area contributed by atoms with Crippen molar-refractivity contribution in [3.63, 3.8) is 0 Å². The number of aryl methyl sites for hydroxylation is 1. The Balaban J connectivity index is 1.32. The number of benzene rings is 4. The lowest BCUT2D eigenvalue weighted by molar-refractivity contribution is -0.0679. The predicted octanol–water partition coefficient (Wildman–Crippen LogP) is 5.27. The Labute approximate surface area is 215 Å². The average Bonchev–Trinajstić information content (AvgIpc) is 3.38. The molecule has 0 bridgehead atoms. The molecule has 1 aromatic heterocycles. The van der Waals surface area contributed by atoms with Gasteiger partial charge in [0.2, 0.25) is 0 Å². The van der Waals surface area contributed by atoms with E-state index < -0.39 is 5.60 Å². The number of hydrogen-bond acceptors (Lipinski definition) is 6. The van der Waals surface area contributed by atoms with Crippen LogP contribution in [0.3, 0.4) is 0 Å². The van der Waals surface area contributed by atoms with Crippen molar-refractivity contribution in [1.82, 2.24) is 20.2 Å². The molecule has 0 amide bonds. The van der Waals surface area contributed by atoms with Crippen molar-refractivity contribution >= 4 is 10.8 Å². The van der Waals surface area contributed by atoms with E-state index in [-0.39, 0.29) is 0 Å². The van der Waals surface area contributed by atoms with E-state index in [9.17, 15) is 5.11 Å². The van der Waals surface area contributed by atoms with Crippen LogP contribution in [0.15, 0.2) is 84.9 Å². The minimum atomic E-state index is -0.837. The molecule has 1 fully saturated rings. The molecule has 7 heteroatoms. The number of fused-ring (bicyclic) bond motifs is 1. The van der Waals surface area contributed by atoms with Crippen molar-refractivity contribution in [3.8, 4) is 28.3 Å². The highest BCUT2D eigenvalue weighted by molar-refractivity contribution is 6.00. The molecule has 37 heavy (non-hydrogen) atoms. The number of tetrazole rings is 1. The van der Waals surface area contributed by atoms with Crippen LogP contribution in [-0.2, 0) is 24.0 Å². The Kier molecular flexibility index (Phi) is 6.16. The summed E-state index contributed by atoms with van der Waals surface area (Å²) >= 11 is 0. The summed E-state index contributed by atoms with van der Waals surface area (Å²) in [6.45, 7) is 1.56. The van der Waals surface area contributed by atoms with Gasteiger partial charge in [0.25, 0.3) is 0 Å². The second-order valence-corrected chi connectivity index (χ2v) is 9.53. The van der Waals surface area contributed by atoms with E-state index in [1.54, 1.807) is 4.68 Å².